The second kappa shape index (κ2) is 17.0. The van der Waals surface area contributed by atoms with E-state index in [1.807, 2.05) is 0 Å². The minimum absolute atomic E-state index is 0.0838. The maximum Gasteiger partial charge on any atom is -0.000718 e. The van der Waals surface area contributed by atoms with Crippen molar-refractivity contribution in [3.8, 4) is 77.9 Å². The van der Waals surface area contributed by atoms with E-state index in [1.54, 1.807) is 0 Å². The molecule has 0 unspecified atom stereocenters. The van der Waals surface area contributed by atoms with Gasteiger partial charge >= 0.3 is 0 Å². The van der Waals surface area contributed by atoms with E-state index in [1.165, 1.54) is 143 Å². The molecule has 0 nitrogen and oxygen atoms in total. The Morgan fingerprint density at radius 1 is 0.203 bits per heavy atom. The van der Waals surface area contributed by atoms with Gasteiger partial charge in [-0.2, -0.15) is 0 Å². The molecule has 0 N–H and O–H groups in total. The van der Waals surface area contributed by atoms with Crippen LogP contribution >= 0.6 is 0 Å². The zero-order valence-electron chi connectivity index (χ0n) is 45.5. The SMILES string of the molecule is CC(C)(C)c1cc(-c2c3c(c(-c4cc(C(C)(C)C)cc(C(C)(C)C)c4)c4cc(-c5ccccc5)c(-c5ccccc5)cc24)-c2cc4c5ccccc5c(-c5ccccc5)cc4c4cccc-3c24)cc(C(C)(C)C)c1. The van der Waals surface area contributed by atoms with Crippen LogP contribution in [0.15, 0.2) is 194 Å². The zero-order chi connectivity index (χ0) is 51.6. The average molecular weight is 957 g/mol. The summed E-state index contributed by atoms with van der Waals surface area (Å²) in [6.45, 7) is 28.4. The highest BCUT2D eigenvalue weighted by Gasteiger charge is 2.35. The summed E-state index contributed by atoms with van der Waals surface area (Å²) in [5.74, 6) is 0. The van der Waals surface area contributed by atoms with Crippen LogP contribution in [0.2, 0.25) is 0 Å². The topological polar surface area (TPSA) is 0 Å². The highest BCUT2D eigenvalue weighted by atomic mass is 14.4. The standard InChI is InChI=1S/C74H68/c1-71(2,3)50-35-48(36-51(39-50)72(4,5)6)66-63-42-59(46-27-18-14-19-28-46)60(47-29-20-15-21-30-47)43-64(63)67(49-37-52(73(7,8)9)40-53(38-49)74(10,11)12)70-65-44-61-55-32-23-22-31-54(55)58(45-25-16-13-17-26-45)41-62(61)56-33-24-34-57(68(56)65)69(66)70/h13-44H,1-12H3. The van der Waals surface area contributed by atoms with Crippen LogP contribution in [0.1, 0.15) is 105 Å². The number of hydrogen-bond acceptors (Lipinski definition) is 0. The van der Waals surface area contributed by atoms with Gasteiger partial charge in [-0.05, 0) is 189 Å². The van der Waals surface area contributed by atoms with Gasteiger partial charge in [0.05, 0.1) is 0 Å². The minimum atomic E-state index is -0.0874. The lowest BCUT2D eigenvalue weighted by Gasteiger charge is -2.29. The van der Waals surface area contributed by atoms with E-state index in [-0.39, 0.29) is 21.7 Å². The van der Waals surface area contributed by atoms with Crippen molar-refractivity contribution in [2.45, 2.75) is 105 Å². The van der Waals surface area contributed by atoms with Gasteiger partial charge in [-0.15, -0.1) is 0 Å². The fraction of sp³-hybridized carbons (Fsp3) is 0.216. The number of rotatable bonds is 5. The van der Waals surface area contributed by atoms with Gasteiger partial charge in [0.2, 0.25) is 0 Å². The molecule has 0 amide bonds. The number of benzene rings is 11. The van der Waals surface area contributed by atoms with Gasteiger partial charge in [-0.1, -0.05) is 253 Å². The summed E-state index contributed by atoms with van der Waals surface area (Å²) >= 11 is 0. The first-order valence-corrected chi connectivity index (χ1v) is 26.8. The van der Waals surface area contributed by atoms with Crippen molar-refractivity contribution >= 4 is 43.1 Å². The monoisotopic (exact) mass is 957 g/mol. The molecule has 1 aliphatic rings. The normalized spacial score (nSPS) is 12.9. The molecule has 0 radical (unpaired) electrons. The van der Waals surface area contributed by atoms with Gasteiger partial charge in [0.25, 0.3) is 0 Å². The zero-order valence-corrected chi connectivity index (χ0v) is 45.5. The van der Waals surface area contributed by atoms with Gasteiger partial charge < -0.3 is 0 Å². The van der Waals surface area contributed by atoms with Crippen LogP contribution in [0.4, 0.5) is 0 Å². The Morgan fingerprint density at radius 3 is 0.973 bits per heavy atom. The highest BCUT2D eigenvalue weighted by molar-refractivity contribution is 6.33. The van der Waals surface area contributed by atoms with Gasteiger partial charge in [0.1, 0.15) is 0 Å². The summed E-state index contributed by atoms with van der Waals surface area (Å²) in [4.78, 5) is 0. The van der Waals surface area contributed by atoms with Gasteiger partial charge in [0.15, 0.2) is 0 Å². The highest BCUT2D eigenvalue weighted by Crippen LogP contribution is 2.61. The molecule has 11 aromatic carbocycles. The summed E-state index contributed by atoms with van der Waals surface area (Å²) in [6, 6.07) is 74.7. The molecule has 364 valence electrons. The van der Waals surface area contributed by atoms with Crippen LogP contribution in [0.25, 0.3) is 121 Å². The fourth-order valence-electron chi connectivity index (χ4n) is 12.0. The van der Waals surface area contributed by atoms with Crippen LogP contribution < -0.4 is 0 Å². The first-order chi connectivity index (χ1) is 35.2. The first-order valence-electron chi connectivity index (χ1n) is 26.8. The predicted molar refractivity (Wildman–Crippen MR) is 323 cm³/mol. The average Bonchev–Trinajstić information content (AvgIpc) is 3.75. The van der Waals surface area contributed by atoms with Crippen molar-refractivity contribution in [2.24, 2.45) is 0 Å². The van der Waals surface area contributed by atoms with Crippen molar-refractivity contribution in [2.75, 3.05) is 0 Å². The molecular weight excluding hydrogens is 889 g/mol. The summed E-state index contributed by atoms with van der Waals surface area (Å²) in [7, 11) is 0. The van der Waals surface area contributed by atoms with Crippen molar-refractivity contribution in [1.82, 2.24) is 0 Å². The molecule has 0 saturated carbocycles. The predicted octanol–water partition coefficient (Wildman–Crippen LogP) is 21.5. The quantitative estimate of drug-likeness (QED) is 0.151. The van der Waals surface area contributed by atoms with E-state index in [0.29, 0.717) is 0 Å². The molecule has 0 aliphatic heterocycles. The van der Waals surface area contributed by atoms with E-state index in [4.69, 9.17) is 0 Å². The number of fused-ring (bicyclic) bond motifs is 8. The van der Waals surface area contributed by atoms with Crippen LogP contribution in [0.5, 0.6) is 0 Å². The van der Waals surface area contributed by atoms with Crippen molar-refractivity contribution in [1.29, 1.82) is 0 Å². The van der Waals surface area contributed by atoms with E-state index < -0.39 is 0 Å². The van der Waals surface area contributed by atoms with Crippen LogP contribution in [0, 0.1) is 0 Å². The van der Waals surface area contributed by atoms with Gasteiger partial charge in [0, 0.05) is 0 Å². The van der Waals surface area contributed by atoms with Crippen molar-refractivity contribution in [3.05, 3.63) is 216 Å². The third-order valence-corrected chi connectivity index (χ3v) is 16.1. The molecule has 0 heterocycles. The Bertz CT molecular complexity index is 3980. The summed E-state index contributed by atoms with van der Waals surface area (Å²) < 4.78 is 0. The lowest BCUT2D eigenvalue weighted by Crippen LogP contribution is -2.17. The largest absolute Gasteiger partial charge is 0.0622 e. The Labute approximate surface area is 439 Å². The van der Waals surface area contributed by atoms with E-state index >= 15 is 0 Å². The lowest BCUT2D eigenvalue weighted by atomic mass is 9.75. The Hall–Kier alpha value is -7.54. The van der Waals surface area contributed by atoms with Gasteiger partial charge in [-0.3, -0.25) is 0 Å². The molecular formula is C74H68. The Balaban J connectivity index is 1.36. The second-order valence-electron chi connectivity index (χ2n) is 25.4. The molecule has 0 atom stereocenters. The van der Waals surface area contributed by atoms with E-state index in [2.05, 4.69) is 277 Å². The van der Waals surface area contributed by atoms with Crippen molar-refractivity contribution < 1.29 is 0 Å². The maximum atomic E-state index is 2.59. The minimum Gasteiger partial charge on any atom is -0.0622 e. The molecule has 0 spiro atoms. The molecule has 0 heteroatoms. The van der Waals surface area contributed by atoms with Gasteiger partial charge in [-0.25, -0.2) is 0 Å². The smallest absolute Gasteiger partial charge is 0.000718 e. The third kappa shape index (κ3) is 7.88. The summed E-state index contributed by atoms with van der Waals surface area (Å²) in [5, 5.41) is 10.3. The molecule has 0 saturated heterocycles. The van der Waals surface area contributed by atoms with Crippen LogP contribution in [0.3, 0.4) is 0 Å². The molecule has 11 aromatic rings. The lowest BCUT2D eigenvalue weighted by molar-refractivity contribution is 0.568. The number of hydrogen-bond donors (Lipinski definition) is 0. The van der Waals surface area contributed by atoms with E-state index in [9.17, 15) is 0 Å². The Kier molecular flexibility index (Phi) is 10.9. The first kappa shape index (κ1) is 47.5. The molecule has 0 aromatic heterocycles. The Morgan fingerprint density at radius 2 is 0.541 bits per heavy atom. The van der Waals surface area contributed by atoms with Crippen molar-refractivity contribution in [3.63, 3.8) is 0 Å². The summed E-state index contributed by atoms with van der Waals surface area (Å²) in [6.07, 6.45) is 0. The molecule has 0 fully saturated rings. The molecule has 74 heavy (non-hydrogen) atoms. The summed E-state index contributed by atoms with van der Waals surface area (Å²) in [5.41, 5.74) is 22.9. The van der Waals surface area contributed by atoms with Crippen LogP contribution in [-0.4, -0.2) is 0 Å². The molecule has 12 rings (SSSR count). The third-order valence-electron chi connectivity index (χ3n) is 16.1. The van der Waals surface area contributed by atoms with E-state index in [0.717, 1.165) is 0 Å². The maximum absolute atomic E-state index is 2.59. The van der Waals surface area contributed by atoms with Crippen LogP contribution in [-0.2, 0) is 21.7 Å². The molecule has 1 aliphatic carbocycles. The second-order valence-corrected chi connectivity index (χ2v) is 25.4. The fourth-order valence-corrected chi connectivity index (χ4v) is 12.0. The molecule has 0 bridgehead atoms.